The summed E-state index contributed by atoms with van der Waals surface area (Å²) in [5.74, 6) is 0.444. The van der Waals surface area contributed by atoms with Crippen molar-refractivity contribution in [2.45, 2.75) is 20.3 Å². The van der Waals surface area contributed by atoms with Crippen molar-refractivity contribution in [2.24, 2.45) is 5.92 Å². The van der Waals surface area contributed by atoms with Gasteiger partial charge in [-0.2, -0.15) is 0 Å². The molecule has 0 radical (unpaired) electrons. The summed E-state index contributed by atoms with van der Waals surface area (Å²) in [6.07, 6.45) is 0.640. The lowest BCUT2D eigenvalue weighted by atomic mass is 10.1. The van der Waals surface area contributed by atoms with Gasteiger partial charge in [0.25, 0.3) is 0 Å². The molecule has 0 aliphatic heterocycles. The Bertz CT molecular complexity index is 348. The van der Waals surface area contributed by atoms with Gasteiger partial charge in [0.05, 0.1) is 19.1 Å². The molecule has 0 fully saturated rings. The molecule has 0 aromatic heterocycles. The van der Waals surface area contributed by atoms with Crippen LogP contribution in [-0.2, 0) is 9.53 Å². The Morgan fingerprint density at radius 3 is 2.59 bits per heavy atom. The van der Waals surface area contributed by atoms with E-state index in [4.69, 9.17) is 21.1 Å². The van der Waals surface area contributed by atoms with Gasteiger partial charge in [-0.3, -0.25) is 4.79 Å². The van der Waals surface area contributed by atoms with E-state index in [9.17, 15) is 4.79 Å². The average Bonchev–Trinajstić information content (AvgIpc) is 2.32. The van der Waals surface area contributed by atoms with Gasteiger partial charge >= 0.3 is 5.97 Å². The molecular weight excluding hydrogens is 240 g/mol. The van der Waals surface area contributed by atoms with Crippen molar-refractivity contribution in [3.63, 3.8) is 0 Å². The molecule has 0 aliphatic carbocycles. The molecular formula is C13H17ClO3. The molecule has 1 rings (SSSR count). The molecule has 0 spiro atoms. The topological polar surface area (TPSA) is 35.5 Å². The van der Waals surface area contributed by atoms with Crippen molar-refractivity contribution in [3.05, 3.63) is 29.3 Å². The number of halogens is 1. The first-order valence-electron chi connectivity index (χ1n) is 5.68. The zero-order valence-corrected chi connectivity index (χ0v) is 10.9. The van der Waals surface area contributed by atoms with Crippen LogP contribution in [0.2, 0.25) is 5.02 Å². The molecule has 1 unspecified atom stereocenters. The summed E-state index contributed by atoms with van der Waals surface area (Å²) in [6, 6.07) is 7.14. The number of rotatable bonds is 6. The van der Waals surface area contributed by atoms with E-state index in [2.05, 4.69) is 0 Å². The monoisotopic (exact) mass is 256 g/mol. The highest BCUT2D eigenvalue weighted by Crippen LogP contribution is 2.16. The Balaban J connectivity index is 2.27. The van der Waals surface area contributed by atoms with E-state index < -0.39 is 0 Å². The summed E-state index contributed by atoms with van der Waals surface area (Å²) in [5.41, 5.74) is 0. The second kappa shape index (κ2) is 7.17. The predicted molar refractivity (Wildman–Crippen MR) is 67.4 cm³/mol. The Hall–Kier alpha value is -1.22. The Morgan fingerprint density at radius 1 is 1.35 bits per heavy atom. The maximum atomic E-state index is 11.3. The van der Waals surface area contributed by atoms with E-state index in [1.165, 1.54) is 0 Å². The molecule has 0 saturated heterocycles. The van der Waals surface area contributed by atoms with Gasteiger partial charge in [-0.1, -0.05) is 18.5 Å². The van der Waals surface area contributed by atoms with Gasteiger partial charge in [-0.25, -0.2) is 0 Å². The smallest absolute Gasteiger partial charge is 0.308 e. The van der Waals surface area contributed by atoms with Crippen LogP contribution in [0.15, 0.2) is 24.3 Å². The van der Waals surface area contributed by atoms with Gasteiger partial charge in [0.15, 0.2) is 0 Å². The third-order valence-corrected chi connectivity index (χ3v) is 2.57. The molecule has 1 aromatic carbocycles. The number of benzene rings is 1. The molecule has 1 atom stereocenters. The van der Waals surface area contributed by atoms with Gasteiger partial charge in [-0.05, 0) is 37.6 Å². The summed E-state index contributed by atoms with van der Waals surface area (Å²) < 4.78 is 10.4. The highest BCUT2D eigenvalue weighted by atomic mass is 35.5. The van der Waals surface area contributed by atoms with E-state index in [0.29, 0.717) is 24.7 Å². The second-order valence-electron chi connectivity index (χ2n) is 3.74. The Morgan fingerprint density at radius 2 is 2.00 bits per heavy atom. The fourth-order valence-electron chi connectivity index (χ4n) is 1.29. The molecule has 1 aromatic rings. The Labute approximate surface area is 107 Å². The molecule has 0 aliphatic rings. The fourth-order valence-corrected chi connectivity index (χ4v) is 1.41. The second-order valence-corrected chi connectivity index (χ2v) is 4.18. The van der Waals surface area contributed by atoms with Crippen molar-refractivity contribution in [3.8, 4) is 5.75 Å². The van der Waals surface area contributed by atoms with Gasteiger partial charge in [0.1, 0.15) is 5.75 Å². The molecule has 0 bridgehead atoms. The van der Waals surface area contributed by atoms with Gasteiger partial charge in [0, 0.05) is 5.02 Å². The first-order chi connectivity index (χ1) is 8.13. The quantitative estimate of drug-likeness (QED) is 0.733. The lowest BCUT2D eigenvalue weighted by Gasteiger charge is -2.11. The first-order valence-corrected chi connectivity index (χ1v) is 6.06. The van der Waals surface area contributed by atoms with E-state index >= 15 is 0 Å². The number of ether oxygens (including phenoxy) is 2. The van der Waals surface area contributed by atoms with Crippen molar-refractivity contribution < 1.29 is 14.3 Å². The summed E-state index contributed by atoms with van der Waals surface area (Å²) in [4.78, 5) is 11.3. The van der Waals surface area contributed by atoms with Crippen LogP contribution in [0.3, 0.4) is 0 Å². The normalized spacial score (nSPS) is 11.9. The summed E-state index contributed by atoms with van der Waals surface area (Å²) in [6.45, 7) is 4.54. The number of carbonyl (C=O) groups excluding carboxylic acids is 1. The molecule has 0 N–H and O–H groups in total. The predicted octanol–water partition coefficient (Wildman–Crippen LogP) is 3.31. The number of hydrogen-bond donors (Lipinski definition) is 0. The van der Waals surface area contributed by atoms with Crippen LogP contribution in [0, 0.1) is 5.92 Å². The summed E-state index contributed by atoms with van der Waals surface area (Å²) >= 11 is 5.76. The molecule has 4 heteroatoms. The minimum atomic E-state index is -0.174. The average molecular weight is 257 g/mol. The largest absolute Gasteiger partial charge is 0.494 e. The van der Waals surface area contributed by atoms with E-state index in [1.807, 2.05) is 6.92 Å². The van der Waals surface area contributed by atoms with Gasteiger partial charge in [0.2, 0.25) is 0 Å². The molecule has 0 heterocycles. The number of hydrogen-bond acceptors (Lipinski definition) is 3. The van der Waals surface area contributed by atoms with Crippen LogP contribution < -0.4 is 4.74 Å². The van der Waals surface area contributed by atoms with Crippen molar-refractivity contribution in [1.29, 1.82) is 0 Å². The maximum Gasteiger partial charge on any atom is 0.308 e. The molecule has 94 valence electrons. The molecule has 3 nitrogen and oxygen atoms in total. The number of esters is 1. The summed E-state index contributed by atoms with van der Waals surface area (Å²) in [5, 5.41) is 0.678. The van der Waals surface area contributed by atoms with Crippen LogP contribution >= 0.6 is 11.6 Å². The lowest BCUT2D eigenvalue weighted by Crippen LogP contribution is -2.17. The van der Waals surface area contributed by atoms with E-state index in [0.717, 1.165) is 5.75 Å². The van der Waals surface area contributed by atoms with Crippen molar-refractivity contribution >= 4 is 17.6 Å². The van der Waals surface area contributed by atoms with Gasteiger partial charge in [-0.15, -0.1) is 0 Å². The molecule has 0 amide bonds. The SMILES string of the molecule is CCOC(=O)C(C)CCOc1ccc(Cl)cc1. The number of carbonyl (C=O) groups is 1. The highest BCUT2D eigenvalue weighted by molar-refractivity contribution is 6.30. The first kappa shape index (κ1) is 13.8. The highest BCUT2D eigenvalue weighted by Gasteiger charge is 2.13. The standard InChI is InChI=1S/C13H17ClO3/c1-3-16-13(15)10(2)8-9-17-12-6-4-11(14)5-7-12/h4-7,10H,3,8-9H2,1-2H3. The van der Waals surface area contributed by atoms with Gasteiger partial charge < -0.3 is 9.47 Å². The van der Waals surface area contributed by atoms with Crippen LogP contribution in [0.4, 0.5) is 0 Å². The zero-order chi connectivity index (χ0) is 12.7. The minimum Gasteiger partial charge on any atom is -0.494 e. The Kier molecular flexibility index (Phi) is 5.84. The van der Waals surface area contributed by atoms with E-state index in [-0.39, 0.29) is 11.9 Å². The zero-order valence-electron chi connectivity index (χ0n) is 10.1. The lowest BCUT2D eigenvalue weighted by molar-refractivity contribution is -0.147. The fraction of sp³-hybridized carbons (Fsp3) is 0.462. The maximum absolute atomic E-state index is 11.3. The van der Waals surface area contributed by atoms with Crippen LogP contribution in [0.25, 0.3) is 0 Å². The van der Waals surface area contributed by atoms with Crippen LogP contribution in [-0.4, -0.2) is 19.2 Å². The molecule has 0 saturated carbocycles. The van der Waals surface area contributed by atoms with Crippen LogP contribution in [0.5, 0.6) is 5.75 Å². The third kappa shape index (κ3) is 5.09. The van der Waals surface area contributed by atoms with Crippen LogP contribution in [0.1, 0.15) is 20.3 Å². The van der Waals surface area contributed by atoms with Crippen molar-refractivity contribution in [1.82, 2.24) is 0 Å². The molecule has 17 heavy (non-hydrogen) atoms. The van der Waals surface area contributed by atoms with E-state index in [1.54, 1.807) is 31.2 Å². The van der Waals surface area contributed by atoms with Crippen molar-refractivity contribution in [2.75, 3.05) is 13.2 Å². The summed E-state index contributed by atoms with van der Waals surface area (Å²) in [7, 11) is 0. The third-order valence-electron chi connectivity index (χ3n) is 2.32. The minimum absolute atomic E-state index is 0.137.